The molecule has 0 saturated carbocycles. The highest BCUT2D eigenvalue weighted by Crippen LogP contribution is 2.48. The normalized spacial score (nSPS) is 21.6. The zero-order valence-electron chi connectivity index (χ0n) is 15.9. The van der Waals surface area contributed by atoms with Gasteiger partial charge in [-0.1, -0.05) is 35.9 Å². The Kier molecular flexibility index (Phi) is 4.18. The van der Waals surface area contributed by atoms with Crippen LogP contribution in [-0.2, 0) is 19.4 Å². The van der Waals surface area contributed by atoms with E-state index in [4.69, 9.17) is 16.3 Å². The number of aryl methyl sites for hydroxylation is 2. The van der Waals surface area contributed by atoms with E-state index in [1.165, 1.54) is 40.6 Å². The molecule has 0 aliphatic carbocycles. The van der Waals surface area contributed by atoms with Crippen molar-refractivity contribution < 1.29 is 4.74 Å². The molecule has 2 bridgehead atoms. The summed E-state index contributed by atoms with van der Waals surface area (Å²) in [5, 5.41) is 2.17. The predicted octanol–water partition coefficient (Wildman–Crippen LogP) is 5.24. The maximum Gasteiger partial charge on any atom is 0.143 e. The van der Waals surface area contributed by atoms with E-state index in [0.29, 0.717) is 12.1 Å². The monoisotopic (exact) mass is 380 g/mol. The molecule has 2 unspecified atom stereocenters. The number of hydrogen-bond acceptors (Lipinski definition) is 2. The molecule has 2 aliphatic heterocycles. The summed E-state index contributed by atoms with van der Waals surface area (Å²) in [5.74, 6) is 0.983. The number of benzene rings is 2. The number of ether oxygens (including phenoxy) is 1. The van der Waals surface area contributed by atoms with E-state index in [1.807, 2.05) is 12.1 Å². The second-order valence-electron chi connectivity index (χ2n) is 7.86. The summed E-state index contributed by atoms with van der Waals surface area (Å²) < 4.78 is 8.31. The van der Waals surface area contributed by atoms with Crippen LogP contribution in [0.5, 0.6) is 5.75 Å². The van der Waals surface area contributed by atoms with Gasteiger partial charge in [-0.25, -0.2) is 0 Å². The van der Waals surface area contributed by atoms with Crippen LogP contribution in [-0.4, -0.2) is 29.7 Å². The van der Waals surface area contributed by atoms with Crippen LogP contribution in [0, 0.1) is 0 Å². The zero-order valence-corrected chi connectivity index (χ0v) is 16.7. The molecular weight excluding hydrogens is 356 g/mol. The molecule has 0 amide bonds. The first kappa shape index (κ1) is 17.2. The molecule has 5 rings (SSSR count). The summed E-state index contributed by atoms with van der Waals surface area (Å²) in [5.41, 5.74) is 5.64. The molecule has 140 valence electrons. The van der Waals surface area contributed by atoms with E-state index < -0.39 is 0 Å². The fraction of sp³-hybridized carbons (Fsp3) is 0.391. The minimum atomic E-state index is 0.546. The predicted molar refractivity (Wildman–Crippen MR) is 111 cm³/mol. The van der Waals surface area contributed by atoms with Gasteiger partial charge in [0, 0.05) is 41.2 Å². The van der Waals surface area contributed by atoms with Crippen molar-refractivity contribution in [3.63, 3.8) is 0 Å². The topological polar surface area (TPSA) is 17.4 Å². The molecule has 2 atom stereocenters. The van der Waals surface area contributed by atoms with Crippen molar-refractivity contribution in [3.8, 4) is 5.75 Å². The summed E-state index contributed by atoms with van der Waals surface area (Å²) in [6.45, 7) is 0.969. The van der Waals surface area contributed by atoms with Crippen molar-refractivity contribution in [1.29, 1.82) is 0 Å². The lowest BCUT2D eigenvalue weighted by molar-refractivity contribution is 0.222. The molecule has 2 aliphatic rings. The van der Waals surface area contributed by atoms with E-state index in [9.17, 15) is 0 Å². The Bertz CT molecular complexity index is 992. The van der Waals surface area contributed by atoms with E-state index in [2.05, 4.69) is 46.8 Å². The summed E-state index contributed by atoms with van der Waals surface area (Å²) in [4.78, 5) is 2.59. The quantitative estimate of drug-likeness (QED) is 0.616. The van der Waals surface area contributed by atoms with Crippen LogP contribution in [0.3, 0.4) is 0 Å². The van der Waals surface area contributed by atoms with Crippen LogP contribution in [0.25, 0.3) is 10.9 Å². The smallest absolute Gasteiger partial charge is 0.143 e. The fourth-order valence-corrected chi connectivity index (χ4v) is 5.30. The van der Waals surface area contributed by atoms with E-state index in [0.717, 1.165) is 30.2 Å². The van der Waals surface area contributed by atoms with E-state index in [1.54, 1.807) is 7.11 Å². The first-order valence-corrected chi connectivity index (χ1v) is 10.2. The molecule has 3 nitrogen and oxygen atoms in total. The van der Waals surface area contributed by atoms with E-state index in [-0.39, 0.29) is 0 Å². The van der Waals surface area contributed by atoms with Crippen LogP contribution >= 0.6 is 11.6 Å². The van der Waals surface area contributed by atoms with Crippen molar-refractivity contribution in [3.05, 3.63) is 64.3 Å². The minimum Gasteiger partial charge on any atom is -0.495 e. The summed E-state index contributed by atoms with van der Waals surface area (Å²) >= 11 is 6.05. The van der Waals surface area contributed by atoms with Crippen molar-refractivity contribution in [2.24, 2.45) is 0 Å². The van der Waals surface area contributed by atoms with Gasteiger partial charge in [-0.15, -0.1) is 0 Å². The molecule has 1 aromatic heterocycles. The molecule has 3 aromatic rings. The summed E-state index contributed by atoms with van der Waals surface area (Å²) in [7, 11) is 4.07. The Morgan fingerprint density at radius 1 is 1.11 bits per heavy atom. The number of methoxy groups -OCH3 is 1. The van der Waals surface area contributed by atoms with Crippen molar-refractivity contribution in [1.82, 2.24) is 9.47 Å². The number of halogens is 1. The number of nitrogens with zero attached hydrogens (tertiary/aromatic N) is 2. The van der Waals surface area contributed by atoms with Crippen LogP contribution < -0.4 is 4.74 Å². The Morgan fingerprint density at radius 3 is 2.70 bits per heavy atom. The first-order chi connectivity index (χ1) is 13.2. The summed E-state index contributed by atoms with van der Waals surface area (Å²) in [6, 6.07) is 16.0. The lowest BCUT2D eigenvalue weighted by Gasteiger charge is -2.32. The van der Waals surface area contributed by atoms with Crippen molar-refractivity contribution in [2.45, 2.75) is 44.3 Å². The van der Waals surface area contributed by atoms with Gasteiger partial charge in [-0.2, -0.15) is 0 Å². The molecular formula is C23H25ClN2O. The lowest BCUT2D eigenvalue weighted by Crippen LogP contribution is -2.34. The lowest BCUT2D eigenvalue weighted by atomic mass is 9.97. The van der Waals surface area contributed by atoms with Crippen molar-refractivity contribution in [2.75, 3.05) is 14.2 Å². The third-order valence-electron chi connectivity index (χ3n) is 6.56. The molecule has 0 spiro atoms. The highest BCUT2D eigenvalue weighted by molar-refractivity contribution is 6.30. The number of hydrogen-bond donors (Lipinski definition) is 0. The molecule has 3 heterocycles. The maximum absolute atomic E-state index is 6.05. The Balaban J connectivity index is 1.62. The highest BCUT2D eigenvalue weighted by atomic mass is 35.5. The van der Waals surface area contributed by atoms with Crippen molar-refractivity contribution >= 4 is 22.5 Å². The molecule has 0 radical (unpaired) electrons. The van der Waals surface area contributed by atoms with Gasteiger partial charge < -0.3 is 9.30 Å². The largest absolute Gasteiger partial charge is 0.495 e. The van der Waals surface area contributed by atoms with Gasteiger partial charge >= 0.3 is 0 Å². The highest BCUT2D eigenvalue weighted by Gasteiger charge is 2.41. The van der Waals surface area contributed by atoms with Crippen LogP contribution in [0.2, 0.25) is 5.02 Å². The Hall–Kier alpha value is -1.97. The molecule has 1 fully saturated rings. The van der Waals surface area contributed by atoms with Gasteiger partial charge in [0.25, 0.3) is 0 Å². The van der Waals surface area contributed by atoms with E-state index >= 15 is 0 Å². The third-order valence-corrected chi connectivity index (χ3v) is 6.81. The molecule has 2 aromatic carbocycles. The summed E-state index contributed by atoms with van der Waals surface area (Å²) in [6.07, 6.45) is 4.71. The number of aromatic nitrogens is 1. The number of fused-ring (bicyclic) bond motifs is 6. The second-order valence-corrected chi connectivity index (χ2v) is 8.30. The minimum absolute atomic E-state index is 0.546. The number of rotatable bonds is 4. The van der Waals surface area contributed by atoms with Gasteiger partial charge in [0.1, 0.15) is 5.75 Å². The first-order valence-electron chi connectivity index (χ1n) is 9.81. The standard InChI is InChI=1S/C23H25ClN2O/c1-25-17-10-11-19(25)22-18-4-3-5-21(27-2)23(18)26(20(22)14-17)13-12-15-6-8-16(24)9-7-15/h3-9,17,19H,10-14H2,1-2H3. The molecule has 1 saturated heterocycles. The average Bonchev–Trinajstić information content (AvgIpc) is 3.11. The Morgan fingerprint density at radius 2 is 1.93 bits per heavy atom. The zero-order chi connectivity index (χ0) is 18.5. The Labute approximate surface area is 165 Å². The molecule has 4 heteroatoms. The van der Waals surface area contributed by atoms with Gasteiger partial charge in [0.15, 0.2) is 0 Å². The van der Waals surface area contributed by atoms with Gasteiger partial charge in [-0.3, -0.25) is 4.90 Å². The molecule has 27 heavy (non-hydrogen) atoms. The van der Waals surface area contributed by atoms with Crippen LogP contribution in [0.1, 0.15) is 35.7 Å². The van der Waals surface area contributed by atoms with Gasteiger partial charge in [0.05, 0.1) is 12.6 Å². The van der Waals surface area contributed by atoms with Gasteiger partial charge in [0.2, 0.25) is 0 Å². The van der Waals surface area contributed by atoms with Gasteiger partial charge in [-0.05, 0) is 55.6 Å². The SMILES string of the molecule is COc1cccc2c3c(n(CCc4ccc(Cl)cc4)c12)CC1CCC3N1C. The third kappa shape index (κ3) is 2.67. The maximum atomic E-state index is 6.05. The number of likely N-dealkylation sites (N-methyl/N-ethyl adjacent to an activating group) is 1. The molecule has 0 N–H and O–H groups in total. The van der Waals surface area contributed by atoms with Crippen LogP contribution in [0.4, 0.5) is 0 Å². The van der Waals surface area contributed by atoms with Crippen LogP contribution in [0.15, 0.2) is 42.5 Å². The number of para-hydroxylation sites is 1. The average molecular weight is 381 g/mol. The second kappa shape index (κ2) is 6.57. The fourth-order valence-electron chi connectivity index (χ4n) is 5.18.